The van der Waals surface area contributed by atoms with Crippen molar-refractivity contribution in [2.24, 2.45) is 0 Å². The zero-order valence-electron chi connectivity index (χ0n) is 18.2. The van der Waals surface area contributed by atoms with E-state index in [1.165, 1.54) is 27.4 Å². The minimum atomic E-state index is -0.310. The first-order chi connectivity index (χ1) is 14.9. The van der Waals surface area contributed by atoms with Crippen LogP contribution in [0.15, 0.2) is 47.3 Å². The van der Waals surface area contributed by atoms with E-state index >= 15 is 0 Å². The lowest BCUT2D eigenvalue weighted by Gasteiger charge is -2.13. The van der Waals surface area contributed by atoms with E-state index in [1.54, 1.807) is 30.3 Å². The van der Waals surface area contributed by atoms with Crippen LogP contribution in [0.1, 0.15) is 30.9 Å². The van der Waals surface area contributed by atoms with Crippen molar-refractivity contribution in [3.05, 3.63) is 64.0 Å². The Balaban J connectivity index is 1.83. The Morgan fingerprint density at radius 1 is 1.00 bits per heavy atom. The number of nitrogens with one attached hydrogen (secondary N) is 2. The molecule has 0 spiro atoms. The number of rotatable bonds is 7. The van der Waals surface area contributed by atoms with Crippen LogP contribution in [0.2, 0.25) is 0 Å². The fraction of sp³-hybridized carbons (Fsp3) is 0.250. The fourth-order valence-electron chi connectivity index (χ4n) is 3.40. The number of amides is 1. The number of benzene rings is 2. The number of aromatic amines is 1. The van der Waals surface area contributed by atoms with Gasteiger partial charge >= 0.3 is 0 Å². The van der Waals surface area contributed by atoms with E-state index in [0.29, 0.717) is 34.0 Å². The first kappa shape index (κ1) is 22.0. The lowest BCUT2D eigenvalue weighted by Crippen LogP contribution is -2.10. The first-order valence-corrected chi connectivity index (χ1v) is 9.82. The van der Waals surface area contributed by atoms with Gasteiger partial charge in [-0.1, -0.05) is 19.9 Å². The zero-order valence-corrected chi connectivity index (χ0v) is 18.2. The van der Waals surface area contributed by atoms with Gasteiger partial charge in [-0.3, -0.25) is 9.59 Å². The highest BCUT2D eigenvalue weighted by atomic mass is 16.5. The van der Waals surface area contributed by atoms with Crippen LogP contribution in [-0.2, 0) is 4.79 Å². The number of ether oxygens (including phenoxy) is 3. The molecule has 1 amide bonds. The highest BCUT2D eigenvalue weighted by Gasteiger charge is 2.12. The molecule has 1 heterocycles. The van der Waals surface area contributed by atoms with Gasteiger partial charge in [0, 0.05) is 23.2 Å². The maximum atomic E-state index is 12.4. The number of methoxy groups -OCH3 is 3. The molecule has 162 valence electrons. The van der Waals surface area contributed by atoms with E-state index in [2.05, 4.69) is 10.3 Å². The molecule has 2 N–H and O–H groups in total. The third-order valence-electron chi connectivity index (χ3n) is 4.88. The molecule has 7 nitrogen and oxygen atoms in total. The van der Waals surface area contributed by atoms with Crippen molar-refractivity contribution in [1.29, 1.82) is 0 Å². The highest BCUT2D eigenvalue weighted by Crippen LogP contribution is 2.38. The Labute approximate surface area is 180 Å². The lowest BCUT2D eigenvalue weighted by atomic mass is 9.99. The van der Waals surface area contributed by atoms with Crippen molar-refractivity contribution in [3.63, 3.8) is 0 Å². The predicted molar refractivity (Wildman–Crippen MR) is 122 cm³/mol. The molecule has 31 heavy (non-hydrogen) atoms. The van der Waals surface area contributed by atoms with Gasteiger partial charge in [0.15, 0.2) is 11.5 Å². The molecule has 0 radical (unpaired) electrons. The van der Waals surface area contributed by atoms with Crippen LogP contribution in [0.3, 0.4) is 0 Å². The number of pyridine rings is 1. The van der Waals surface area contributed by atoms with Gasteiger partial charge in [-0.25, -0.2) is 0 Å². The number of aromatic nitrogens is 1. The van der Waals surface area contributed by atoms with Gasteiger partial charge in [0.1, 0.15) is 0 Å². The van der Waals surface area contributed by atoms with Crippen molar-refractivity contribution < 1.29 is 19.0 Å². The normalized spacial score (nSPS) is 11.2. The second kappa shape index (κ2) is 9.38. The summed E-state index contributed by atoms with van der Waals surface area (Å²) in [6.45, 7) is 4.08. The third kappa shape index (κ3) is 4.88. The monoisotopic (exact) mass is 422 g/mol. The molecule has 0 bridgehead atoms. The van der Waals surface area contributed by atoms with E-state index in [0.717, 1.165) is 10.9 Å². The molecule has 3 aromatic rings. The summed E-state index contributed by atoms with van der Waals surface area (Å²) in [5.74, 6) is 1.39. The molecule has 0 saturated heterocycles. The van der Waals surface area contributed by atoms with E-state index in [4.69, 9.17) is 14.2 Å². The van der Waals surface area contributed by atoms with E-state index in [9.17, 15) is 9.59 Å². The number of anilines is 1. The molecule has 0 unspecified atom stereocenters. The Kier molecular flexibility index (Phi) is 6.65. The summed E-state index contributed by atoms with van der Waals surface area (Å²) >= 11 is 0. The number of carbonyl (C=O) groups excluding carboxylic acids is 1. The second-order valence-corrected chi connectivity index (χ2v) is 7.29. The number of hydrogen-bond donors (Lipinski definition) is 2. The molecule has 2 aromatic carbocycles. The van der Waals surface area contributed by atoms with Crippen LogP contribution in [0.4, 0.5) is 5.69 Å². The van der Waals surface area contributed by atoms with Crippen LogP contribution in [0.25, 0.3) is 17.0 Å². The highest BCUT2D eigenvalue weighted by molar-refractivity contribution is 6.03. The van der Waals surface area contributed by atoms with Crippen LogP contribution in [0.5, 0.6) is 17.2 Å². The summed E-state index contributed by atoms with van der Waals surface area (Å²) in [6.07, 6.45) is 3.07. The summed E-state index contributed by atoms with van der Waals surface area (Å²) in [4.78, 5) is 27.2. The van der Waals surface area contributed by atoms with Crippen LogP contribution >= 0.6 is 0 Å². The quantitative estimate of drug-likeness (QED) is 0.553. The predicted octanol–water partition coefficient (Wildman–Crippen LogP) is 4.33. The van der Waals surface area contributed by atoms with Crippen LogP contribution in [0, 0.1) is 0 Å². The average Bonchev–Trinajstić information content (AvgIpc) is 2.75. The summed E-state index contributed by atoms with van der Waals surface area (Å²) in [6, 6.07) is 10.6. The fourth-order valence-corrected chi connectivity index (χ4v) is 3.40. The molecule has 0 aliphatic heterocycles. The SMILES string of the molecule is COc1cc(/C=C/C(=O)Nc2ccc3c(C(C)C)cc(=O)[nH]c3c2)cc(OC)c1OC. The van der Waals surface area contributed by atoms with Crippen molar-refractivity contribution >= 4 is 28.6 Å². The second-order valence-electron chi connectivity index (χ2n) is 7.29. The minimum absolute atomic E-state index is 0.165. The number of fused-ring (bicyclic) bond motifs is 1. The smallest absolute Gasteiger partial charge is 0.248 e. The van der Waals surface area contributed by atoms with Crippen LogP contribution < -0.4 is 25.1 Å². The average molecular weight is 422 g/mol. The molecule has 0 saturated carbocycles. The van der Waals surface area contributed by atoms with Gasteiger partial charge in [-0.2, -0.15) is 0 Å². The minimum Gasteiger partial charge on any atom is -0.493 e. The summed E-state index contributed by atoms with van der Waals surface area (Å²) in [7, 11) is 4.60. The standard InChI is InChI=1S/C24H26N2O5/c1-14(2)18-13-23(28)26-19-12-16(7-8-17(18)19)25-22(27)9-6-15-10-20(29-3)24(31-5)21(11-15)30-4/h6-14H,1-5H3,(H,25,27)(H,26,28)/b9-6+. The Hall–Kier alpha value is -3.74. The Bertz CT molecular complexity index is 1170. The Morgan fingerprint density at radius 3 is 2.26 bits per heavy atom. The number of H-pyrrole nitrogens is 1. The van der Waals surface area contributed by atoms with Crippen molar-refractivity contribution in [3.8, 4) is 17.2 Å². The van der Waals surface area contributed by atoms with Gasteiger partial charge in [-0.15, -0.1) is 0 Å². The summed E-state index contributed by atoms with van der Waals surface area (Å²) < 4.78 is 16.0. The van der Waals surface area contributed by atoms with Gasteiger partial charge in [-0.05, 0) is 47.4 Å². The lowest BCUT2D eigenvalue weighted by molar-refractivity contribution is -0.111. The van der Waals surface area contributed by atoms with E-state index in [-0.39, 0.29) is 17.4 Å². The topological polar surface area (TPSA) is 89.7 Å². The maximum Gasteiger partial charge on any atom is 0.248 e. The maximum absolute atomic E-state index is 12.4. The van der Waals surface area contributed by atoms with E-state index in [1.807, 2.05) is 26.0 Å². The zero-order chi connectivity index (χ0) is 22.5. The first-order valence-electron chi connectivity index (χ1n) is 9.82. The largest absolute Gasteiger partial charge is 0.493 e. The van der Waals surface area contributed by atoms with Gasteiger partial charge in [0.25, 0.3) is 0 Å². The number of carbonyl (C=O) groups is 1. The molecule has 3 rings (SSSR count). The molecule has 0 aliphatic rings. The van der Waals surface area contributed by atoms with Gasteiger partial charge < -0.3 is 24.5 Å². The van der Waals surface area contributed by atoms with E-state index < -0.39 is 0 Å². The summed E-state index contributed by atoms with van der Waals surface area (Å²) in [5, 5.41) is 3.78. The molecular formula is C24H26N2O5. The third-order valence-corrected chi connectivity index (χ3v) is 4.88. The Morgan fingerprint density at radius 2 is 1.68 bits per heavy atom. The molecule has 0 atom stereocenters. The molecule has 7 heteroatoms. The summed E-state index contributed by atoms with van der Waals surface area (Å²) in [5.41, 5.74) is 2.79. The van der Waals surface area contributed by atoms with Gasteiger partial charge in [0.2, 0.25) is 17.2 Å². The molecular weight excluding hydrogens is 396 g/mol. The molecule has 0 fully saturated rings. The van der Waals surface area contributed by atoms with Crippen molar-refractivity contribution in [2.45, 2.75) is 19.8 Å². The molecule has 0 aliphatic carbocycles. The van der Waals surface area contributed by atoms with Crippen molar-refractivity contribution in [1.82, 2.24) is 4.98 Å². The molecule has 1 aromatic heterocycles. The van der Waals surface area contributed by atoms with Crippen molar-refractivity contribution in [2.75, 3.05) is 26.6 Å². The van der Waals surface area contributed by atoms with Gasteiger partial charge in [0.05, 0.1) is 26.8 Å². The van der Waals surface area contributed by atoms with Crippen LogP contribution in [-0.4, -0.2) is 32.2 Å². The number of hydrogen-bond acceptors (Lipinski definition) is 5.